The van der Waals surface area contributed by atoms with Gasteiger partial charge in [0.15, 0.2) is 6.10 Å². The van der Waals surface area contributed by atoms with Crippen LogP contribution in [0.4, 0.5) is 4.39 Å². The maximum absolute atomic E-state index is 15.6. The second kappa shape index (κ2) is 14.5. The normalized spacial score (nSPS) is 17.6. The molecular formula is C36H40FNO7. The lowest BCUT2D eigenvalue weighted by atomic mass is 9.84. The molecule has 4 rings (SSSR count). The fourth-order valence-corrected chi connectivity index (χ4v) is 5.64. The minimum atomic E-state index is -1.48. The summed E-state index contributed by atoms with van der Waals surface area (Å²) in [4.78, 5) is 53.5. The van der Waals surface area contributed by atoms with Crippen molar-refractivity contribution in [2.45, 2.75) is 70.6 Å². The average molecular weight is 618 g/mol. The van der Waals surface area contributed by atoms with Gasteiger partial charge in [0.1, 0.15) is 23.9 Å². The monoisotopic (exact) mass is 617 g/mol. The quantitative estimate of drug-likeness (QED) is 0.196. The molecule has 8 nitrogen and oxygen atoms in total. The Morgan fingerprint density at radius 1 is 1.00 bits per heavy atom. The van der Waals surface area contributed by atoms with Crippen molar-refractivity contribution in [2.75, 3.05) is 13.7 Å². The van der Waals surface area contributed by atoms with Crippen molar-refractivity contribution in [1.82, 2.24) is 4.90 Å². The van der Waals surface area contributed by atoms with E-state index in [1.807, 2.05) is 66.7 Å². The van der Waals surface area contributed by atoms with Crippen LogP contribution in [0.1, 0.15) is 57.6 Å². The molecular weight excluding hydrogens is 577 g/mol. The Bertz CT molecular complexity index is 1500. The second-order valence-electron chi connectivity index (χ2n) is 12.3. The third-order valence-electron chi connectivity index (χ3n) is 7.94. The molecule has 0 unspecified atom stereocenters. The second-order valence-corrected chi connectivity index (χ2v) is 12.3. The van der Waals surface area contributed by atoms with Crippen LogP contribution in [0.3, 0.4) is 0 Å². The first-order chi connectivity index (χ1) is 21.4. The van der Waals surface area contributed by atoms with E-state index in [2.05, 4.69) is 0 Å². The predicted molar refractivity (Wildman–Crippen MR) is 166 cm³/mol. The molecule has 1 aliphatic rings. The van der Waals surface area contributed by atoms with E-state index in [1.165, 1.54) is 18.1 Å². The number of carbonyl (C=O) groups excluding carboxylic acids is 4. The van der Waals surface area contributed by atoms with E-state index >= 15 is 4.39 Å². The highest BCUT2D eigenvalue weighted by molar-refractivity contribution is 5.95. The lowest BCUT2D eigenvalue weighted by molar-refractivity contribution is -0.168. The number of hydrogen-bond acceptors (Lipinski definition) is 7. The molecule has 1 aliphatic heterocycles. The smallest absolute Gasteiger partial charge is 0.325 e. The molecule has 1 heterocycles. The summed E-state index contributed by atoms with van der Waals surface area (Å²) in [6, 6.07) is 23.3. The van der Waals surface area contributed by atoms with E-state index in [9.17, 15) is 19.2 Å². The van der Waals surface area contributed by atoms with Crippen LogP contribution in [-0.4, -0.2) is 60.1 Å². The summed E-state index contributed by atoms with van der Waals surface area (Å²) in [6.45, 7) is 6.36. The molecule has 1 amide bonds. The Kier molecular flexibility index (Phi) is 10.8. The zero-order chi connectivity index (χ0) is 32.7. The van der Waals surface area contributed by atoms with Crippen LogP contribution in [0.5, 0.6) is 0 Å². The van der Waals surface area contributed by atoms with Gasteiger partial charge in [-0.2, -0.15) is 0 Å². The van der Waals surface area contributed by atoms with Gasteiger partial charge in [-0.1, -0.05) is 72.8 Å². The molecule has 4 atom stereocenters. The number of hydrogen-bond donors (Lipinski definition) is 0. The van der Waals surface area contributed by atoms with Gasteiger partial charge in [-0.25, -0.2) is 4.39 Å². The maximum atomic E-state index is 15.6. The van der Waals surface area contributed by atoms with Crippen molar-refractivity contribution in [3.05, 3.63) is 95.8 Å². The standard InChI is InChI=1S/C36H40FNO7/c1-23(38(22-32(40)43-5)34(41)33-29(21-31(39)44-33)35(42)45-36(2,3)4)27(18-16-24-12-8-6-9-13-24)26-17-19-28(30(37)20-26)25-14-10-7-11-15-25/h6-15,17,19-20,23,27,29,33H,16,18,21-22H2,1-5H3/t23-,27+,29-,33-/m1/s1. The first kappa shape index (κ1) is 33.4. The fraction of sp³-hybridized carbons (Fsp3) is 0.389. The summed E-state index contributed by atoms with van der Waals surface area (Å²) in [7, 11) is 1.21. The number of nitrogens with zero attached hydrogens (tertiary/aromatic N) is 1. The van der Waals surface area contributed by atoms with E-state index in [4.69, 9.17) is 14.2 Å². The van der Waals surface area contributed by atoms with Gasteiger partial charge < -0.3 is 19.1 Å². The fourth-order valence-electron chi connectivity index (χ4n) is 5.64. The Morgan fingerprint density at radius 3 is 2.24 bits per heavy atom. The summed E-state index contributed by atoms with van der Waals surface area (Å²) in [5, 5.41) is 0. The van der Waals surface area contributed by atoms with Gasteiger partial charge >= 0.3 is 17.9 Å². The summed E-state index contributed by atoms with van der Waals surface area (Å²) in [6.07, 6.45) is -0.696. The van der Waals surface area contributed by atoms with Crippen LogP contribution in [0.25, 0.3) is 11.1 Å². The Balaban J connectivity index is 1.71. The Morgan fingerprint density at radius 2 is 1.64 bits per heavy atom. The SMILES string of the molecule is COC(=O)CN(C(=O)[C@@H]1OC(=O)C[C@H]1C(=O)OC(C)(C)C)[C@H](C)[C@H](CCc1ccccc1)c1ccc(-c2ccccc2)c(F)c1. The number of ether oxygens (including phenoxy) is 3. The molecule has 9 heteroatoms. The number of carbonyl (C=O) groups is 4. The molecule has 0 bridgehead atoms. The van der Waals surface area contributed by atoms with Gasteiger partial charge in [-0.15, -0.1) is 0 Å². The van der Waals surface area contributed by atoms with Crippen LogP contribution in [0, 0.1) is 11.7 Å². The minimum absolute atomic E-state index is 0.324. The van der Waals surface area contributed by atoms with Crippen LogP contribution >= 0.6 is 0 Å². The van der Waals surface area contributed by atoms with Gasteiger partial charge in [0, 0.05) is 17.5 Å². The van der Waals surface area contributed by atoms with Gasteiger partial charge in [-0.3, -0.25) is 19.2 Å². The van der Waals surface area contributed by atoms with E-state index < -0.39 is 65.8 Å². The summed E-state index contributed by atoms with van der Waals surface area (Å²) in [5.41, 5.74) is 2.00. The third-order valence-corrected chi connectivity index (χ3v) is 7.94. The zero-order valence-electron chi connectivity index (χ0n) is 26.3. The molecule has 3 aromatic rings. The van der Waals surface area contributed by atoms with Gasteiger partial charge in [-0.05, 0) is 63.3 Å². The van der Waals surface area contributed by atoms with Crippen LogP contribution in [0.2, 0.25) is 0 Å². The molecule has 0 aromatic heterocycles. The number of aryl methyl sites for hydroxylation is 1. The zero-order valence-corrected chi connectivity index (χ0v) is 26.3. The van der Waals surface area contributed by atoms with Crippen molar-refractivity contribution >= 4 is 23.8 Å². The molecule has 45 heavy (non-hydrogen) atoms. The first-order valence-corrected chi connectivity index (χ1v) is 15.1. The van der Waals surface area contributed by atoms with Crippen molar-refractivity contribution in [1.29, 1.82) is 0 Å². The number of rotatable bonds is 11. The van der Waals surface area contributed by atoms with Crippen molar-refractivity contribution < 1.29 is 37.8 Å². The predicted octanol–water partition coefficient (Wildman–Crippen LogP) is 5.87. The Labute approximate surface area is 263 Å². The minimum Gasteiger partial charge on any atom is -0.468 e. The number of esters is 3. The highest BCUT2D eigenvalue weighted by Gasteiger charge is 2.49. The largest absolute Gasteiger partial charge is 0.468 e. The van der Waals surface area contributed by atoms with Crippen LogP contribution in [0.15, 0.2) is 78.9 Å². The van der Waals surface area contributed by atoms with Gasteiger partial charge in [0.05, 0.1) is 13.5 Å². The molecule has 0 saturated carbocycles. The topological polar surface area (TPSA) is 99.2 Å². The highest BCUT2D eigenvalue weighted by Crippen LogP contribution is 2.34. The van der Waals surface area contributed by atoms with E-state index in [0.29, 0.717) is 24.0 Å². The third kappa shape index (κ3) is 8.56. The maximum Gasteiger partial charge on any atom is 0.325 e. The lowest BCUT2D eigenvalue weighted by Crippen LogP contribution is -2.51. The lowest BCUT2D eigenvalue weighted by Gasteiger charge is -2.36. The van der Waals surface area contributed by atoms with E-state index in [1.54, 1.807) is 33.8 Å². The van der Waals surface area contributed by atoms with Crippen LogP contribution in [-0.2, 0) is 39.8 Å². The van der Waals surface area contributed by atoms with Crippen molar-refractivity contribution in [3.8, 4) is 11.1 Å². The summed E-state index contributed by atoms with van der Waals surface area (Å²) >= 11 is 0. The molecule has 0 aliphatic carbocycles. The molecule has 0 N–H and O–H groups in total. The van der Waals surface area contributed by atoms with E-state index in [0.717, 1.165) is 11.1 Å². The molecule has 1 saturated heterocycles. The number of amides is 1. The summed E-state index contributed by atoms with van der Waals surface area (Å²) in [5.74, 6) is -4.92. The first-order valence-electron chi connectivity index (χ1n) is 15.1. The molecule has 238 valence electrons. The number of benzene rings is 3. The number of cyclic esters (lactones) is 1. The van der Waals surface area contributed by atoms with Gasteiger partial charge in [0.2, 0.25) is 0 Å². The van der Waals surface area contributed by atoms with Crippen molar-refractivity contribution in [3.63, 3.8) is 0 Å². The highest BCUT2D eigenvalue weighted by atomic mass is 19.1. The average Bonchev–Trinajstić information content (AvgIpc) is 3.41. The summed E-state index contributed by atoms with van der Waals surface area (Å²) < 4.78 is 31.4. The van der Waals surface area contributed by atoms with Crippen molar-refractivity contribution in [2.24, 2.45) is 5.92 Å². The Hall–Kier alpha value is -4.53. The van der Waals surface area contributed by atoms with E-state index in [-0.39, 0.29) is 6.42 Å². The molecule has 1 fully saturated rings. The molecule has 3 aromatic carbocycles. The molecule has 0 radical (unpaired) electrons. The van der Waals surface area contributed by atoms with Gasteiger partial charge in [0.25, 0.3) is 5.91 Å². The number of halogens is 1. The molecule has 0 spiro atoms. The van der Waals surface area contributed by atoms with Crippen LogP contribution < -0.4 is 0 Å². The number of methoxy groups -OCH3 is 1.